The van der Waals surface area contributed by atoms with Crippen molar-refractivity contribution in [1.82, 2.24) is 9.97 Å². The number of hydrogen-bond acceptors (Lipinski definition) is 5. The summed E-state index contributed by atoms with van der Waals surface area (Å²) in [5, 5.41) is 18.9. The first kappa shape index (κ1) is 10.3. The van der Waals surface area contributed by atoms with Crippen LogP contribution in [0.25, 0.3) is 0 Å². The van der Waals surface area contributed by atoms with E-state index < -0.39 is 12.2 Å². The highest BCUT2D eigenvalue weighted by molar-refractivity contribution is 5.45. The van der Waals surface area contributed by atoms with Crippen molar-refractivity contribution in [2.24, 2.45) is 0 Å². The molecule has 5 nitrogen and oxygen atoms in total. The summed E-state index contributed by atoms with van der Waals surface area (Å²) in [6, 6.07) is 0. The van der Waals surface area contributed by atoms with Gasteiger partial charge in [-0.2, -0.15) is 0 Å². The van der Waals surface area contributed by atoms with Crippen molar-refractivity contribution in [3.63, 3.8) is 0 Å². The number of anilines is 1. The fourth-order valence-corrected chi connectivity index (χ4v) is 1.77. The Morgan fingerprint density at radius 3 is 2.47 bits per heavy atom. The maximum atomic E-state index is 9.45. The first-order valence-electron chi connectivity index (χ1n) is 4.99. The lowest BCUT2D eigenvalue weighted by Gasteiger charge is -2.18. The number of aliphatic hydroxyl groups excluding tert-OH is 2. The first-order chi connectivity index (χ1) is 7.08. The number of aryl methyl sites for hydroxylation is 2. The van der Waals surface area contributed by atoms with Crippen molar-refractivity contribution in [1.29, 1.82) is 0 Å². The van der Waals surface area contributed by atoms with Gasteiger partial charge < -0.3 is 15.1 Å². The van der Waals surface area contributed by atoms with Crippen LogP contribution in [0.2, 0.25) is 0 Å². The van der Waals surface area contributed by atoms with Crippen LogP contribution in [0.3, 0.4) is 0 Å². The van der Waals surface area contributed by atoms with E-state index in [9.17, 15) is 10.2 Å². The Bertz CT molecular complexity index is 360. The quantitative estimate of drug-likeness (QED) is 0.660. The van der Waals surface area contributed by atoms with Gasteiger partial charge in [-0.15, -0.1) is 0 Å². The Morgan fingerprint density at radius 2 is 1.87 bits per heavy atom. The van der Waals surface area contributed by atoms with E-state index in [1.54, 1.807) is 6.20 Å². The molecule has 2 N–H and O–H groups in total. The van der Waals surface area contributed by atoms with Gasteiger partial charge in [-0.3, -0.25) is 4.98 Å². The zero-order valence-corrected chi connectivity index (χ0v) is 8.88. The van der Waals surface area contributed by atoms with E-state index >= 15 is 0 Å². The zero-order valence-electron chi connectivity index (χ0n) is 8.88. The van der Waals surface area contributed by atoms with Crippen molar-refractivity contribution in [3.8, 4) is 0 Å². The smallest absolute Gasteiger partial charge is 0.150 e. The minimum atomic E-state index is -0.688. The average Bonchev–Trinajstić information content (AvgIpc) is 2.51. The monoisotopic (exact) mass is 209 g/mol. The van der Waals surface area contributed by atoms with Gasteiger partial charge in [-0.1, -0.05) is 0 Å². The number of rotatable bonds is 1. The number of β-amino-alcohol motifs (C(OH)–C–C–N with tert-alkyl or cyclic N) is 2. The van der Waals surface area contributed by atoms with Crippen LogP contribution in [-0.4, -0.2) is 45.5 Å². The van der Waals surface area contributed by atoms with Crippen LogP contribution in [0.5, 0.6) is 0 Å². The molecule has 5 heteroatoms. The summed E-state index contributed by atoms with van der Waals surface area (Å²) in [4.78, 5) is 10.4. The standard InChI is InChI=1S/C10H15N3O2/c1-6-3-11-7(2)10(12-6)13-4-8(14)9(15)5-13/h3,8-9,14-15H,4-5H2,1-2H3. The normalized spacial score (nSPS) is 26.0. The van der Waals surface area contributed by atoms with Crippen molar-refractivity contribution in [2.75, 3.05) is 18.0 Å². The van der Waals surface area contributed by atoms with E-state index in [0.717, 1.165) is 17.2 Å². The third-order valence-electron chi connectivity index (χ3n) is 2.61. The Hall–Kier alpha value is -1.20. The minimum Gasteiger partial charge on any atom is -0.389 e. The molecule has 0 saturated carbocycles. The number of nitrogens with zero attached hydrogens (tertiary/aromatic N) is 3. The second-order valence-corrected chi connectivity index (χ2v) is 3.96. The topological polar surface area (TPSA) is 69.5 Å². The predicted octanol–water partition coefficient (Wildman–Crippen LogP) is -0.365. The summed E-state index contributed by atoms with van der Waals surface area (Å²) in [6.45, 7) is 4.58. The van der Waals surface area contributed by atoms with Gasteiger partial charge in [0.25, 0.3) is 0 Å². The molecule has 15 heavy (non-hydrogen) atoms. The number of aliphatic hydroxyl groups is 2. The molecule has 2 heterocycles. The van der Waals surface area contributed by atoms with Gasteiger partial charge >= 0.3 is 0 Å². The SMILES string of the molecule is Cc1cnc(C)c(N2CC(O)C(O)C2)n1. The van der Waals surface area contributed by atoms with Crippen LogP contribution in [0.4, 0.5) is 5.82 Å². The molecule has 1 saturated heterocycles. The van der Waals surface area contributed by atoms with Gasteiger partial charge in [0.05, 0.1) is 23.6 Å². The van der Waals surface area contributed by atoms with E-state index in [2.05, 4.69) is 9.97 Å². The molecule has 82 valence electrons. The third kappa shape index (κ3) is 1.93. The van der Waals surface area contributed by atoms with Crippen molar-refractivity contribution < 1.29 is 10.2 Å². The van der Waals surface area contributed by atoms with Crippen molar-refractivity contribution in [2.45, 2.75) is 26.1 Å². The Labute approximate surface area is 88.4 Å². The maximum Gasteiger partial charge on any atom is 0.150 e. The van der Waals surface area contributed by atoms with Gasteiger partial charge in [0, 0.05) is 19.3 Å². The average molecular weight is 209 g/mol. The van der Waals surface area contributed by atoms with Crippen LogP contribution in [0.15, 0.2) is 6.20 Å². The molecule has 1 aromatic heterocycles. The highest BCUT2D eigenvalue weighted by atomic mass is 16.3. The molecule has 0 aromatic carbocycles. The predicted molar refractivity (Wildman–Crippen MR) is 55.7 cm³/mol. The Morgan fingerprint density at radius 1 is 1.27 bits per heavy atom. The lowest BCUT2D eigenvalue weighted by atomic mass is 10.3. The molecule has 2 rings (SSSR count). The maximum absolute atomic E-state index is 9.45. The molecule has 1 aromatic rings. The van der Waals surface area contributed by atoms with Gasteiger partial charge in [-0.05, 0) is 13.8 Å². The molecule has 0 amide bonds. The van der Waals surface area contributed by atoms with Crippen molar-refractivity contribution in [3.05, 3.63) is 17.6 Å². The molecule has 0 radical (unpaired) electrons. The minimum absolute atomic E-state index is 0.417. The molecule has 2 atom stereocenters. The molecule has 2 unspecified atom stereocenters. The summed E-state index contributed by atoms with van der Waals surface area (Å²) >= 11 is 0. The fraction of sp³-hybridized carbons (Fsp3) is 0.600. The molecule has 0 aliphatic carbocycles. The van der Waals surface area contributed by atoms with E-state index in [1.807, 2.05) is 18.7 Å². The fourth-order valence-electron chi connectivity index (χ4n) is 1.77. The van der Waals surface area contributed by atoms with E-state index in [4.69, 9.17) is 0 Å². The Balaban J connectivity index is 2.27. The number of aromatic nitrogens is 2. The summed E-state index contributed by atoms with van der Waals surface area (Å²) in [6.07, 6.45) is 0.334. The van der Waals surface area contributed by atoms with Gasteiger partial charge in [0.1, 0.15) is 0 Å². The molecule has 1 aliphatic rings. The molecule has 0 bridgehead atoms. The third-order valence-corrected chi connectivity index (χ3v) is 2.61. The second-order valence-electron chi connectivity index (χ2n) is 3.96. The molecular weight excluding hydrogens is 194 g/mol. The summed E-state index contributed by atoms with van der Waals surface area (Å²) in [7, 11) is 0. The van der Waals surface area contributed by atoms with Gasteiger partial charge in [0.2, 0.25) is 0 Å². The zero-order chi connectivity index (χ0) is 11.0. The van der Waals surface area contributed by atoms with Gasteiger partial charge in [0.15, 0.2) is 5.82 Å². The molecule has 0 spiro atoms. The molecular formula is C10H15N3O2. The Kier molecular flexibility index (Phi) is 2.58. The summed E-state index contributed by atoms with van der Waals surface area (Å²) < 4.78 is 0. The van der Waals surface area contributed by atoms with Crippen molar-refractivity contribution >= 4 is 5.82 Å². The second kappa shape index (κ2) is 3.75. The lowest BCUT2D eigenvalue weighted by Crippen LogP contribution is -2.23. The van der Waals surface area contributed by atoms with Crippen LogP contribution in [-0.2, 0) is 0 Å². The lowest BCUT2D eigenvalue weighted by molar-refractivity contribution is 0.0572. The van der Waals surface area contributed by atoms with E-state index in [0.29, 0.717) is 13.1 Å². The summed E-state index contributed by atoms with van der Waals surface area (Å²) in [5.41, 5.74) is 1.66. The first-order valence-corrected chi connectivity index (χ1v) is 4.99. The van der Waals surface area contributed by atoms with E-state index in [-0.39, 0.29) is 0 Å². The highest BCUT2D eigenvalue weighted by Crippen LogP contribution is 2.21. The number of hydrogen-bond donors (Lipinski definition) is 2. The van der Waals surface area contributed by atoms with E-state index in [1.165, 1.54) is 0 Å². The van der Waals surface area contributed by atoms with Gasteiger partial charge in [-0.25, -0.2) is 4.98 Å². The molecule has 1 aliphatic heterocycles. The van der Waals surface area contributed by atoms with Crippen LogP contribution >= 0.6 is 0 Å². The van der Waals surface area contributed by atoms with Crippen LogP contribution < -0.4 is 4.90 Å². The largest absolute Gasteiger partial charge is 0.389 e. The molecule has 1 fully saturated rings. The van der Waals surface area contributed by atoms with Crippen LogP contribution in [0.1, 0.15) is 11.4 Å². The summed E-state index contributed by atoms with van der Waals surface area (Å²) in [5.74, 6) is 0.755. The highest BCUT2D eigenvalue weighted by Gasteiger charge is 2.31. The van der Waals surface area contributed by atoms with Crippen LogP contribution in [0, 0.1) is 13.8 Å².